The Morgan fingerprint density at radius 1 is 0.938 bits per heavy atom. The van der Waals surface area contributed by atoms with E-state index in [-0.39, 0.29) is 10.2 Å². The molecular formula is C21H14N2O7S2-2. The monoisotopic (exact) mass is 470 g/mol. The first-order chi connectivity index (χ1) is 15.3. The van der Waals surface area contributed by atoms with Gasteiger partial charge in [-0.3, -0.25) is 4.79 Å². The number of carbonyl (C=O) groups is 3. The molecule has 0 saturated carbocycles. The summed E-state index contributed by atoms with van der Waals surface area (Å²) in [6, 6.07) is 12.9. The summed E-state index contributed by atoms with van der Waals surface area (Å²) in [5.74, 6) is -2.31. The summed E-state index contributed by atoms with van der Waals surface area (Å²) in [5.41, 5.74) is 1.35. The van der Waals surface area contributed by atoms with Crippen LogP contribution in [0, 0.1) is 0 Å². The lowest BCUT2D eigenvalue weighted by Gasteiger charge is -2.08. The number of hydrogen-bond acceptors (Lipinski definition) is 10. The molecule has 164 valence electrons. The van der Waals surface area contributed by atoms with Crippen LogP contribution in [0.3, 0.4) is 0 Å². The Morgan fingerprint density at radius 2 is 1.44 bits per heavy atom. The lowest BCUT2D eigenvalue weighted by molar-refractivity contribution is -0.308. The summed E-state index contributed by atoms with van der Waals surface area (Å²) in [5, 5.41) is 26.1. The second kappa shape index (κ2) is 10.6. The Bertz CT molecular complexity index is 1100. The van der Waals surface area contributed by atoms with Crippen LogP contribution >= 0.6 is 24.0 Å². The van der Waals surface area contributed by atoms with Crippen LogP contribution in [-0.2, 0) is 14.4 Å². The molecule has 0 radical (unpaired) electrons. The molecule has 2 aromatic carbocycles. The maximum atomic E-state index is 12.6. The summed E-state index contributed by atoms with van der Waals surface area (Å²) < 4.78 is 10.3. The zero-order valence-electron chi connectivity index (χ0n) is 16.3. The summed E-state index contributed by atoms with van der Waals surface area (Å²) in [7, 11) is 0. The van der Waals surface area contributed by atoms with E-state index in [1.54, 1.807) is 54.6 Å². The molecule has 0 bridgehead atoms. The van der Waals surface area contributed by atoms with Crippen molar-refractivity contribution in [3.05, 3.63) is 64.6 Å². The lowest BCUT2D eigenvalue weighted by atomic mass is 10.2. The summed E-state index contributed by atoms with van der Waals surface area (Å²) in [6.07, 6.45) is 3.08. The smallest absolute Gasteiger partial charge is 0.286 e. The highest BCUT2D eigenvalue weighted by atomic mass is 32.2. The minimum atomic E-state index is -1.32. The number of thioether (sulfide) groups is 1. The number of amides is 1. The van der Waals surface area contributed by atoms with Gasteiger partial charge < -0.3 is 29.3 Å². The van der Waals surface area contributed by atoms with Crippen molar-refractivity contribution in [3.8, 4) is 11.5 Å². The third-order valence-corrected chi connectivity index (χ3v) is 5.15. The molecule has 1 saturated heterocycles. The van der Waals surface area contributed by atoms with Crippen LogP contribution in [0.25, 0.3) is 6.08 Å². The van der Waals surface area contributed by atoms with Gasteiger partial charge in [0, 0.05) is 0 Å². The molecular weight excluding hydrogens is 456 g/mol. The number of thiocarbonyl (C=S) groups is 1. The maximum absolute atomic E-state index is 12.6. The number of rotatable bonds is 9. The van der Waals surface area contributed by atoms with Crippen LogP contribution < -0.4 is 19.7 Å². The minimum Gasteiger partial charge on any atom is -0.546 e. The molecule has 1 aliphatic rings. The molecule has 0 aromatic heterocycles. The molecule has 0 atom stereocenters. The van der Waals surface area contributed by atoms with Gasteiger partial charge >= 0.3 is 0 Å². The summed E-state index contributed by atoms with van der Waals surface area (Å²) in [6.45, 7) is -1.10. The zero-order chi connectivity index (χ0) is 23.1. The summed E-state index contributed by atoms with van der Waals surface area (Å²) >= 11 is 6.33. The Morgan fingerprint density at radius 3 is 1.94 bits per heavy atom. The van der Waals surface area contributed by atoms with E-state index in [0.29, 0.717) is 27.5 Å². The third-order valence-electron chi connectivity index (χ3n) is 3.87. The number of benzene rings is 2. The number of carboxylic acid groups (broad SMARTS) is 2. The van der Waals surface area contributed by atoms with Crippen molar-refractivity contribution in [1.29, 1.82) is 0 Å². The quantitative estimate of drug-likeness (QED) is 0.286. The molecule has 2 aromatic rings. The van der Waals surface area contributed by atoms with Gasteiger partial charge in [0.2, 0.25) is 0 Å². The Balaban J connectivity index is 1.64. The number of hydrazone groups is 1. The summed E-state index contributed by atoms with van der Waals surface area (Å²) in [4.78, 5) is 33.9. The molecule has 1 aliphatic heterocycles. The van der Waals surface area contributed by atoms with E-state index in [1.807, 2.05) is 0 Å². The van der Waals surface area contributed by atoms with Crippen molar-refractivity contribution in [2.75, 3.05) is 13.2 Å². The fourth-order valence-corrected chi connectivity index (χ4v) is 3.60. The molecule has 0 spiro atoms. The van der Waals surface area contributed by atoms with Crippen LogP contribution in [0.2, 0.25) is 0 Å². The van der Waals surface area contributed by atoms with Gasteiger partial charge in [-0.1, -0.05) is 23.9 Å². The van der Waals surface area contributed by atoms with Crippen molar-refractivity contribution in [2.24, 2.45) is 5.10 Å². The normalized spacial score (nSPS) is 14.9. The van der Waals surface area contributed by atoms with Gasteiger partial charge in [0.25, 0.3) is 5.91 Å². The maximum Gasteiger partial charge on any atom is 0.286 e. The molecule has 0 aliphatic carbocycles. The first-order valence-electron chi connectivity index (χ1n) is 8.99. The average Bonchev–Trinajstić information content (AvgIpc) is 3.03. The van der Waals surface area contributed by atoms with Crippen LogP contribution in [-0.4, -0.2) is 46.6 Å². The lowest BCUT2D eigenvalue weighted by Crippen LogP contribution is -2.28. The first-order valence-corrected chi connectivity index (χ1v) is 10.2. The molecule has 9 nitrogen and oxygen atoms in total. The highest BCUT2D eigenvalue weighted by molar-refractivity contribution is 8.26. The fourth-order valence-electron chi connectivity index (χ4n) is 2.43. The highest BCUT2D eigenvalue weighted by Crippen LogP contribution is 2.33. The van der Waals surface area contributed by atoms with Gasteiger partial charge in [0.1, 0.15) is 24.7 Å². The number of ether oxygens (including phenoxy) is 2. The number of carbonyl (C=O) groups excluding carboxylic acids is 3. The number of nitrogens with zero attached hydrogens (tertiary/aromatic N) is 2. The van der Waals surface area contributed by atoms with E-state index < -0.39 is 25.2 Å². The standard InChI is InChI=1S/C21H16N2O7S2/c24-18(25)11-29-15-5-1-13(2-6-15)9-17-20(28)23(21(31)32-17)22-10-14-3-7-16(8-4-14)30-12-19(26)27/h1-10H,11-12H2,(H,24,25)(H,26,27)/p-2/b17-9-,22-10-. The molecule has 3 rings (SSSR count). The van der Waals surface area contributed by atoms with E-state index in [2.05, 4.69) is 5.10 Å². The van der Waals surface area contributed by atoms with E-state index in [9.17, 15) is 24.6 Å². The highest BCUT2D eigenvalue weighted by Gasteiger charge is 2.32. The van der Waals surface area contributed by atoms with E-state index in [4.69, 9.17) is 21.7 Å². The van der Waals surface area contributed by atoms with Crippen LogP contribution in [0.15, 0.2) is 58.5 Å². The van der Waals surface area contributed by atoms with Gasteiger partial charge in [-0.15, -0.1) is 0 Å². The van der Waals surface area contributed by atoms with Crippen LogP contribution in [0.4, 0.5) is 0 Å². The average molecular weight is 470 g/mol. The predicted octanol–water partition coefficient (Wildman–Crippen LogP) is 0.179. The Labute approximate surface area is 191 Å². The van der Waals surface area contributed by atoms with Crippen LogP contribution in [0.5, 0.6) is 11.5 Å². The largest absolute Gasteiger partial charge is 0.546 e. The third kappa shape index (κ3) is 6.40. The van der Waals surface area contributed by atoms with Gasteiger partial charge in [0.05, 0.1) is 23.1 Å². The minimum absolute atomic E-state index is 0.264. The van der Waals surface area contributed by atoms with Gasteiger partial charge in [-0.25, -0.2) is 0 Å². The first kappa shape index (κ1) is 23.0. The zero-order valence-corrected chi connectivity index (χ0v) is 17.9. The van der Waals surface area contributed by atoms with Crippen molar-refractivity contribution in [3.63, 3.8) is 0 Å². The Hall–Kier alpha value is -3.70. The second-order valence-corrected chi connectivity index (χ2v) is 7.87. The van der Waals surface area contributed by atoms with E-state index in [0.717, 1.165) is 16.8 Å². The SMILES string of the molecule is O=C([O-])COc1ccc(/C=N\N2C(=O)/C(=C/c3ccc(OCC(=O)[O-])cc3)SC2=S)cc1. The Kier molecular flexibility index (Phi) is 7.58. The number of carboxylic acids is 2. The fraction of sp³-hybridized carbons (Fsp3) is 0.0952. The molecule has 32 heavy (non-hydrogen) atoms. The van der Waals surface area contributed by atoms with Crippen molar-refractivity contribution < 1.29 is 34.1 Å². The van der Waals surface area contributed by atoms with Crippen molar-refractivity contribution in [1.82, 2.24) is 5.01 Å². The molecule has 1 amide bonds. The van der Waals surface area contributed by atoms with Gasteiger partial charge in [-0.2, -0.15) is 10.1 Å². The molecule has 0 unspecified atom stereocenters. The van der Waals surface area contributed by atoms with Gasteiger partial charge in [-0.05, 0) is 65.8 Å². The molecule has 1 fully saturated rings. The number of hydrogen-bond donors (Lipinski definition) is 0. The van der Waals surface area contributed by atoms with Gasteiger partial charge in [0.15, 0.2) is 4.32 Å². The molecule has 11 heteroatoms. The predicted molar refractivity (Wildman–Crippen MR) is 116 cm³/mol. The number of aliphatic carboxylic acids is 2. The van der Waals surface area contributed by atoms with Crippen molar-refractivity contribution >= 4 is 58.4 Å². The van der Waals surface area contributed by atoms with E-state index >= 15 is 0 Å². The van der Waals surface area contributed by atoms with E-state index in [1.165, 1.54) is 6.21 Å². The van der Waals surface area contributed by atoms with Crippen LogP contribution in [0.1, 0.15) is 11.1 Å². The molecule has 0 N–H and O–H groups in total. The molecule has 1 heterocycles. The topological polar surface area (TPSA) is 131 Å². The van der Waals surface area contributed by atoms with Crippen molar-refractivity contribution in [2.45, 2.75) is 0 Å². The second-order valence-electron chi connectivity index (χ2n) is 6.20.